The van der Waals surface area contributed by atoms with Crippen LogP contribution in [0.2, 0.25) is 0 Å². The van der Waals surface area contributed by atoms with E-state index in [0.29, 0.717) is 28.6 Å². The predicted octanol–water partition coefficient (Wildman–Crippen LogP) is 10.9. The van der Waals surface area contributed by atoms with Crippen LogP contribution in [0.4, 0.5) is 0 Å². The van der Waals surface area contributed by atoms with E-state index in [4.69, 9.17) is 20.4 Å². The molecule has 7 heteroatoms. The number of allylic oxidation sites excluding steroid dienone is 5. The fourth-order valence-corrected chi connectivity index (χ4v) is 10.5. The predicted molar refractivity (Wildman–Crippen MR) is 232 cm³/mol. The Morgan fingerprint density at radius 1 is 0.804 bits per heavy atom. The minimum atomic E-state index is 0. The molecule has 0 bridgehead atoms. The Morgan fingerprint density at radius 3 is 1.80 bits per heavy atom. The number of hydrogen-bond acceptors (Lipinski definition) is 2. The molecule has 308 valence electrons. The second kappa shape index (κ2) is 23.6. The summed E-state index contributed by atoms with van der Waals surface area (Å²) in [6.07, 6.45) is 20.5. The zero-order chi connectivity index (χ0) is 40.8. The van der Waals surface area contributed by atoms with Gasteiger partial charge in [0.25, 0.3) is 0 Å². The Hall–Kier alpha value is -2.77. The van der Waals surface area contributed by atoms with Crippen molar-refractivity contribution in [2.75, 3.05) is 6.61 Å². The molecule has 0 radical (unpaired) electrons. The summed E-state index contributed by atoms with van der Waals surface area (Å²) in [5.74, 6) is 5.89. The normalized spacial score (nSPS) is 28.4. The van der Waals surface area contributed by atoms with Crippen molar-refractivity contribution in [3.05, 3.63) is 107 Å². The summed E-state index contributed by atoms with van der Waals surface area (Å²) < 4.78 is 0. The number of fused-ring (bicyclic) bond motifs is 5. The quantitative estimate of drug-likeness (QED) is 0.0653. The zero-order valence-corrected chi connectivity index (χ0v) is 37.4. The van der Waals surface area contributed by atoms with Crippen LogP contribution >= 0.6 is 0 Å². The Bertz CT molecular complexity index is 1510. The van der Waals surface area contributed by atoms with Crippen molar-refractivity contribution < 1.29 is 51.7 Å². The number of ketones is 2. The average Bonchev–Trinajstić information content (AvgIpc) is 3.50. The standard InChI is InChI=1S/C27H46O.2C10H10O2.C2H6O.Ti/c1-18(2)7-6-8-19(3)23-11-12-24-22-10-9-20-17-21(28)13-15-26(20,4)25(22)14-16-27(23,24)5;2*1-8(11)7-10(12)9-5-3-2-4-6-9;1-2-3;/h9,18-19,21-25,28H,6-8,10-17H2,1-5H3;2*2-7,11H,1H3;3H,2H2,1H3;/p+4/b;2*8-7-;;. The van der Waals surface area contributed by atoms with Gasteiger partial charge in [-0.3, -0.25) is 9.59 Å². The van der Waals surface area contributed by atoms with Gasteiger partial charge in [0.1, 0.15) is 6.61 Å². The SMILES string of the molecule is C/C(O)=C/C(=[OH+])c1ccccc1.C/C(O)=C/C(=[OH+])c1ccccc1.CC(C)CCCC(C)C1CCC2C3CC=C4CC([OH2+])CCC4(C)C3CCC12C.CC[OH2+].[Ti]. The molecule has 8 unspecified atom stereocenters. The third-order valence-electron chi connectivity index (χ3n) is 13.1. The smallest absolute Gasteiger partial charge is 0.350 e. The van der Waals surface area contributed by atoms with Crippen molar-refractivity contribution >= 4 is 11.6 Å². The van der Waals surface area contributed by atoms with E-state index in [1.807, 2.05) is 36.4 Å². The third-order valence-corrected chi connectivity index (χ3v) is 13.1. The Labute approximate surface area is 353 Å². The Kier molecular flexibility index (Phi) is 20.8. The summed E-state index contributed by atoms with van der Waals surface area (Å²) in [7, 11) is 0. The van der Waals surface area contributed by atoms with Crippen LogP contribution in [0, 0.1) is 46.3 Å². The van der Waals surface area contributed by atoms with Crippen LogP contribution in [0.15, 0.2) is 96.0 Å². The van der Waals surface area contributed by atoms with Gasteiger partial charge in [-0.05, 0) is 123 Å². The summed E-state index contributed by atoms with van der Waals surface area (Å²) in [4.78, 5) is 18.7. The minimum Gasteiger partial charge on any atom is -0.512 e. The molecule has 0 saturated heterocycles. The van der Waals surface area contributed by atoms with Crippen molar-refractivity contribution in [3.63, 3.8) is 0 Å². The molecule has 2 aromatic rings. The number of hydrogen-bond donors (Lipinski definition) is 2. The molecule has 8 N–H and O–H groups in total. The monoisotopic (exact) mass is 809 g/mol. The summed E-state index contributed by atoms with van der Waals surface area (Å²) in [5.41, 5.74) is 4.12. The maximum Gasteiger partial charge on any atom is 0.350 e. The molecule has 6 nitrogen and oxygen atoms in total. The molecule has 6 rings (SSSR count). The molecule has 0 spiro atoms. The van der Waals surface area contributed by atoms with Crippen molar-refractivity contribution in [2.24, 2.45) is 46.3 Å². The van der Waals surface area contributed by atoms with Gasteiger partial charge in [0.05, 0.1) is 34.8 Å². The molecule has 2 aromatic carbocycles. The van der Waals surface area contributed by atoms with E-state index in [1.54, 1.807) is 36.8 Å². The maximum absolute atomic E-state index is 9.37. The summed E-state index contributed by atoms with van der Waals surface area (Å²) >= 11 is 0. The number of carbonyl (C=O) groups excluding carboxylic acids is 2. The minimum absolute atomic E-state index is 0. The van der Waals surface area contributed by atoms with Crippen LogP contribution in [0.3, 0.4) is 0 Å². The summed E-state index contributed by atoms with van der Waals surface area (Å²) in [6.45, 7) is 17.9. The van der Waals surface area contributed by atoms with E-state index in [2.05, 4.69) is 40.7 Å². The van der Waals surface area contributed by atoms with Crippen LogP contribution < -0.4 is 0 Å². The first-order valence-electron chi connectivity index (χ1n) is 21.1. The number of aliphatic hydroxyl groups excluding tert-OH is 2. The van der Waals surface area contributed by atoms with E-state index < -0.39 is 0 Å². The maximum atomic E-state index is 9.37. The topological polar surface area (TPSA) is 129 Å². The molecule has 0 aromatic heterocycles. The van der Waals surface area contributed by atoms with Crippen molar-refractivity contribution in [1.82, 2.24) is 0 Å². The van der Waals surface area contributed by atoms with Crippen LogP contribution in [0.1, 0.15) is 137 Å². The van der Waals surface area contributed by atoms with Crippen molar-refractivity contribution in [3.8, 4) is 0 Å². The molecule has 56 heavy (non-hydrogen) atoms. The van der Waals surface area contributed by atoms with Gasteiger partial charge >= 0.3 is 11.6 Å². The number of aliphatic hydroxyl groups is 2. The summed E-state index contributed by atoms with van der Waals surface area (Å²) in [6, 6.07) is 18.1. The van der Waals surface area contributed by atoms with E-state index in [1.165, 1.54) is 83.8 Å². The number of benzene rings is 2. The first-order chi connectivity index (χ1) is 26.1. The van der Waals surface area contributed by atoms with Gasteiger partial charge in [0.15, 0.2) is 6.10 Å². The fraction of sp³-hybridized carbons (Fsp3) is 0.592. The van der Waals surface area contributed by atoms with Gasteiger partial charge in [0, 0.05) is 41.5 Å². The second-order valence-corrected chi connectivity index (χ2v) is 17.7. The molecule has 0 heterocycles. The first-order valence-corrected chi connectivity index (χ1v) is 21.1. The Morgan fingerprint density at radius 2 is 1.32 bits per heavy atom. The van der Waals surface area contributed by atoms with Gasteiger partial charge in [-0.25, -0.2) is 0 Å². The average molecular weight is 809 g/mol. The molecule has 3 fully saturated rings. The molecule has 0 aliphatic heterocycles. The molecular weight excluding hydrogens is 732 g/mol. The van der Waals surface area contributed by atoms with E-state index in [0.717, 1.165) is 48.3 Å². The van der Waals surface area contributed by atoms with Gasteiger partial charge in [-0.1, -0.05) is 102 Å². The van der Waals surface area contributed by atoms with Gasteiger partial charge in [0.2, 0.25) is 0 Å². The second-order valence-electron chi connectivity index (χ2n) is 17.7. The number of rotatable bonds is 9. The van der Waals surface area contributed by atoms with Crippen molar-refractivity contribution in [2.45, 2.75) is 132 Å². The molecule has 3 saturated carbocycles. The fourth-order valence-electron chi connectivity index (χ4n) is 10.5. The van der Waals surface area contributed by atoms with E-state index >= 15 is 0 Å². The van der Waals surface area contributed by atoms with Crippen LogP contribution in [-0.4, -0.2) is 54.3 Å². The molecule has 4 aliphatic rings. The Balaban J connectivity index is 0.000000321. The summed E-state index contributed by atoms with van der Waals surface area (Å²) in [5, 5.41) is 32.2. The zero-order valence-electron chi connectivity index (χ0n) is 35.8. The first kappa shape index (κ1) is 49.4. The van der Waals surface area contributed by atoms with E-state index in [-0.39, 0.29) is 50.9 Å². The largest absolute Gasteiger partial charge is 0.512 e. The van der Waals surface area contributed by atoms with E-state index in [9.17, 15) is 9.59 Å². The molecular formula is C49H76O6Ti+4. The van der Waals surface area contributed by atoms with Crippen LogP contribution in [-0.2, 0) is 21.7 Å². The van der Waals surface area contributed by atoms with Gasteiger partial charge in [-0.2, -0.15) is 0 Å². The molecule has 0 amide bonds. The van der Waals surface area contributed by atoms with Gasteiger partial charge in [-0.15, -0.1) is 0 Å². The molecule has 4 aliphatic carbocycles. The van der Waals surface area contributed by atoms with Gasteiger partial charge < -0.3 is 20.4 Å². The van der Waals surface area contributed by atoms with Crippen molar-refractivity contribution in [1.29, 1.82) is 0 Å². The van der Waals surface area contributed by atoms with Crippen LogP contribution in [0.25, 0.3) is 0 Å². The van der Waals surface area contributed by atoms with Crippen LogP contribution in [0.5, 0.6) is 0 Å². The molecule has 8 atom stereocenters. The third kappa shape index (κ3) is 13.7.